The zero-order chi connectivity index (χ0) is 14.5. The first-order valence-corrected chi connectivity index (χ1v) is 7.08. The molecule has 0 spiro atoms. The monoisotopic (exact) mass is 269 g/mol. The highest BCUT2D eigenvalue weighted by Crippen LogP contribution is 2.19. The van der Waals surface area contributed by atoms with Crippen LogP contribution in [-0.2, 0) is 6.61 Å². The maximum atomic E-state index is 5.86. The summed E-state index contributed by atoms with van der Waals surface area (Å²) in [7, 11) is 0. The van der Waals surface area contributed by atoms with Crippen molar-refractivity contribution in [1.82, 2.24) is 0 Å². The largest absolute Gasteiger partial charge is 0.489 e. The molecule has 2 aromatic rings. The fourth-order valence-electron chi connectivity index (χ4n) is 2.26. The summed E-state index contributed by atoms with van der Waals surface area (Å²) >= 11 is 0. The first kappa shape index (κ1) is 14.6. The standard InChI is InChI=1S/C18H23NO/c1-13-8-14(2)10-18(9-13)20-12-16-4-6-17(7-5-16)15(3)11-19/h4-10,15H,11-12,19H2,1-3H3. The van der Waals surface area contributed by atoms with Crippen LogP contribution in [0.15, 0.2) is 42.5 Å². The van der Waals surface area contributed by atoms with Crippen LogP contribution in [0, 0.1) is 13.8 Å². The Balaban J connectivity index is 2.00. The summed E-state index contributed by atoms with van der Waals surface area (Å²) in [6.45, 7) is 7.59. The van der Waals surface area contributed by atoms with Gasteiger partial charge in [0, 0.05) is 0 Å². The predicted octanol–water partition coefficient (Wildman–Crippen LogP) is 3.94. The molecular weight excluding hydrogens is 246 g/mol. The van der Waals surface area contributed by atoms with E-state index in [1.807, 2.05) is 0 Å². The van der Waals surface area contributed by atoms with Crippen LogP contribution >= 0.6 is 0 Å². The van der Waals surface area contributed by atoms with Crippen LogP contribution in [0.3, 0.4) is 0 Å². The van der Waals surface area contributed by atoms with Crippen LogP contribution in [-0.4, -0.2) is 6.54 Å². The Morgan fingerprint density at radius 2 is 1.60 bits per heavy atom. The molecule has 106 valence electrons. The Hall–Kier alpha value is -1.80. The molecule has 2 heteroatoms. The SMILES string of the molecule is Cc1cc(C)cc(OCc2ccc(C(C)CN)cc2)c1. The van der Waals surface area contributed by atoms with Crippen molar-refractivity contribution in [3.05, 3.63) is 64.7 Å². The molecule has 0 aliphatic rings. The van der Waals surface area contributed by atoms with Gasteiger partial charge in [-0.15, -0.1) is 0 Å². The molecule has 1 unspecified atom stereocenters. The number of ether oxygens (including phenoxy) is 1. The van der Waals surface area contributed by atoms with Crippen molar-refractivity contribution in [3.63, 3.8) is 0 Å². The second-order valence-electron chi connectivity index (χ2n) is 5.49. The Labute approximate surface area is 121 Å². The third-order valence-electron chi connectivity index (χ3n) is 3.50. The quantitative estimate of drug-likeness (QED) is 0.892. The lowest BCUT2D eigenvalue weighted by Gasteiger charge is -2.11. The average Bonchev–Trinajstić information content (AvgIpc) is 2.44. The normalized spacial score (nSPS) is 12.2. The summed E-state index contributed by atoms with van der Waals surface area (Å²) in [5.41, 5.74) is 10.6. The first-order chi connectivity index (χ1) is 9.58. The molecule has 20 heavy (non-hydrogen) atoms. The molecule has 2 aromatic carbocycles. The minimum Gasteiger partial charge on any atom is -0.489 e. The Bertz CT molecular complexity index is 540. The van der Waals surface area contributed by atoms with Gasteiger partial charge in [0.2, 0.25) is 0 Å². The predicted molar refractivity (Wildman–Crippen MR) is 84.2 cm³/mol. The topological polar surface area (TPSA) is 35.2 Å². The van der Waals surface area contributed by atoms with Crippen molar-refractivity contribution in [1.29, 1.82) is 0 Å². The van der Waals surface area contributed by atoms with E-state index in [1.165, 1.54) is 22.3 Å². The molecule has 0 aromatic heterocycles. The van der Waals surface area contributed by atoms with Gasteiger partial charge in [-0.1, -0.05) is 37.3 Å². The molecule has 0 aliphatic carbocycles. The van der Waals surface area contributed by atoms with E-state index >= 15 is 0 Å². The van der Waals surface area contributed by atoms with Gasteiger partial charge in [-0.2, -0.15) is 0 Å². The third kappa shape index (κ3) is 3.84. The second-order valence-corrected chi connectivity index (χ2v) is 5.49. The molecule has 0 aliphatic heterocycles. The summed E-state index contributed by atoms with van der Waals surface area (Å²) in [4.78, 5) is 0. The smallest absolute Gasteiger partial charge is 0.120 e. The Morgan fingerprint density at radius 3 is 2.15 bits per heavy atom. The van der Waals surface area contributed by atoms with E-state index in [1.54, 1.807) is 0 Å². The van der Waals surface area contributed by atoms with E-state index in [0.717, 1.165) is 5.75 Å². The van der Waals surface area contributed by atoms with Crippen LogP contribution in [0.2, 0.25) is 0 Å². The molecular formula is C18H23NO. The molecule has 0 saturated heterocycles. The maximum Gasteiger partial charge on any atom is 0.120 e. The summed E-state index contributed by atoms with van der Waals surface area (Å²) in [6, 6.07) is 14.8. The minimum absolute atomic E-state index is 0.407. The first-order valence-electron chi connectivity index (χ1n) is 7.08. The molecule has 0 saturated carbocycles. The lowest BCUT2D eigenvalue weighted by atomic mass is 10.0. The number of aryl methyl sites for hydroxylation is 2. The van der Waals surface area contributed by atoms with Crippen LogP contribution in [0.5, 0.6) is 5.75 Å². The highest BCUT2D eigenvalue weighted by Gasteiger charge is 2.03. The van der Waals surface area contributed by atoms with Crippen LogP contribution in [0.1, 0.15) is 35.1 Å². The molecule has 2 rings (SSSR count). The van der Waals surface area contributed by atoms with Gasteiger partial charge in [-0.05, 0) is 60.7 Å². The van der Waals surface area contributed by atoms with Crippen molar-refractivity contribution < 1.29 is 4.74 Å². The summed E-state index contributed by atoms with van der Waals surface area (Å²) in [5, 5.41) is 0. The lowest BCUT2D eigenvalue weighted by Crippen LogP contribution is -2.08. The van der Waals surface area contributed by atoms with Gasteiger partial charge in [0.25, 0.3) is 0 Å². The van der Waals surface area contributed by atoms with E-state index < -0.39 is 0 Å². The number of rotatable bonds is 5. The van der Waals surface area contributed by atoms with Gasteiger partial charge < -0.3 is 10.5 Å². The Kier molecular flexibility index (Phi) is 4.80. The van der Waals surface area contributed by atoms with E-state index in [0.29, 0.717) is 19.1 Å². The van der Waals surface area contributed by atoms with Crippen LogP contribution in [0.25, 0.3) is 0 Å². The number of benzene rings is 2. The fourth-order valence-corrected chi connectivity index (χ4v) is 2.26. The van der Waals surface area contributed by atoms with Gasteiger partial charge in [0.1, 0.15) is 12.4 Å². The van der Waals surface area contributed by atoms with E-state index in [4.69, 9.17) is 10.5 Å². The van der Waals surface area contributed by atoms with Crippen molar-refractivity contribution in [2.45, 2.75) is 33.3 Å². The lowest BCUT2D eigenvalue weighted by molar-refractivity contribution is 0.306. The van der Waals surface area contributed by atoms with Crippen molar-refractivity contribution in [3.8, 4) is 5.75 Å². The molecule has 0 heterocycles. The molecule has 2 nitrogen and oxygen atoms in total. The van der Waals surface area contributed by atoms with Crippen molar-refractivity contribution in [2.24, 2.45) is 5.73 Å². The van der Waals surface area contributed by atoms with Crippen molar-refractivity contribution >= 4 is 0 Å². The van der Waals surface area contributed by atoms with E-state index in [-0.39, 0.29) is 0 Å². The third-order valence-corrected chi connectivity index (χ3v) is 3.50. The second kappa shape index (κ2) is 6.58. The van der Waals surface area contributed by atoms with Crippen molar-refractivity contribution in [2.75, 3.05) is 6.54 Å². The molecule has 0 bridgehead atoms. The zero-order valence-electron chi connectivity index (χ0n) is 12.5. The molecule has 1 atom stereocenters. The average molecular weight is 269 g/mol. The maximum absolute atomic E-state index is 5.86. The van der Waals surface area contributed by atoms with Gasteiger partial charge in [0.05, 0.1) is 0 Å². The number of nitrogens with two attached hydrogens (primary N) is 1. The molecule has 0 amide bonds. The van der Waals surface area contributed by atoms with Gasteiger partial charge in [0.15, 0.2) is 0 Å². The summed E-state index contributed by atoms with van der Waals surface area (Å²) in [5.74, 6) is 1.34. The molecule has 2 N–H and O–H groups in total. The number of hydrogen-bond acceptors (Lipinski definition) is 2. The van der Waals surface area contributed by atoms with E-state index in [9.17, 15) is 0 Å². The summed E-state index contributed by atoms with van der Waals surface area (Å²) in [6.07, 6.45) is 0. The fraction of sp³-hybridized carbons (Fsp3) is 0.333. The molecule has 0 radical (unpaired) electrons. The minimum atomic E-state index is 0.407. The molecule has 0 fully saturated rings. The highest BCUT2D eigenvalue weighted by molar-refractivity contribution is 5.33. The zero-order valence-corrected chi connectivity index (χ0v) is 12.5. The van der Waals surface area contributed by atoms with Crippen LogP contribution in [0.4, 0.5) is 0 Å². The van der Waals surface area contributed by atoms with Gasteiger partial charge in [-0.3, -0.25) is 0 Å². The van der Waals surface area contributed by atoms with Gasteiger partial charge >= 0.3 is 0 Å². The van der Waals surface area contributed by atoms with E-state index in [2.05, 4.69) is 63.2 Å². The van der Waals surface area contributed by atoms with Crippen LogP contribution < -0.4 is 10.5 Å². The Morgan fingerprint density at radius 1 is 1.00 bits per heavy atom. The summed E-state index contributed by atoms with van der Waals surface area (Å²) < 4.78 is 5.86. The van der Waals surface area contributed by atoms with Gasteiger partial charge in [-0.25, -0.2) is 0 Å². The highest BCUT2D eigenvalue weighted by atomic mass is 16.5. The number of hydrogen-bond donors (Lipinski definition) is 1.